The normalized spacial score (nSPS) is 9.73. The minimum absolute atomic E-state index is 0.296. The number of rotatable bonds is 3. The lowest BCUT2D eigenvalue weighted by Crippen LogP contribution is -2.50. The molecule has 1 aromatic heterocycles. The van der Waals surface area contributed by atoms with E-state index in [0.29, 0.717) is 18.9 Å². The monoisotopic (exact) mass is 211 g/mol. The van der Waals surface area contributed by atoms with E-state index in [9.17, 15) is 4.79 Å². The maximum absolute atomic E-state index is 11.5. The number of nitrogens with zero attached hydrogens (tertiary/aromatic N) is 3. The van der Waals surface area contributed by atoms with E-state index in [-0.39, 0.29) is 0 Å². The number of nitrogens with two attached hydrogens (primary N) is 1. The van der Waals surface area contributed by atoms with Crippen LogP contribution >= 0.6 is 0 Å². The second-order valence-electron chi connectivity index (χ2n) is 2.87. The van der Waals surface area contributed by atoms with E-state index in [1.165, 1.54) is 23.3 Å². The Bertz CT molecular complexity index is 339. The van der Waals surface area contributed by atoms with Gasteiger partial charge < -0.3 is 10.6 Å². The van der Waals surface area contributed by atoms with Crippen LogP contribution in [0.1, 0.15) is 13.8 Å². The highest BCUT2D eigenvalue weighted by Crippen LogP contribution is 1.89. The lowest BCUT2D eigenvalue weighted by molar-refractivity contribution is -0.869. The first-order chi connectivity index (χ1) is 7.17. The van der Waals surface area contributed by atoms with E-state index in [0.717, 1.165) is 0 Å². The molecule has 0 aliphatic rings. The number of aromatic nitrogens is 2. The minimum Gasteiger partial charge on any atom is -0.379 e. The van der Waals surface area contributed by atoms with E-state index in [1.54, 1.807) is 4.90 Å². The fraction of sp³-hybridized carbons (Fsp3) is 0.444. The number of anilines is 1. The molecule has 0 saturated carbocycles. The molecule has 6 heteroatoms. The lowest BCUT2D eigenvalue weighted by atomic mass is 10.6. The third kappa shape index (κ3) is 3.08. The van der Waals surface area contributed by atoms with Crippen LogP contribution in [0.2, 0.25) is 0 Å². The second-order valence-corrected chi connectivity index (χ2v) is 2.87. The van der Waals surface area contributed by atoms with E-state index in [1.807, 2.05) is 13.8 Å². The molecule has 2 N–H and O–H groups in total. The summed E-state index contributed by atoms with van der Waals surface area (Å²) in [5.74, 6) is 0.296. The smallest absolute Gasteiger partial charge is 0.379 e. The number of hydrogen-bond acceptors (Lipinski definition) is 4. The molecule has 0 spiro atoms. The molecule has 0 aromatic carbocycles. The molecule has 0 fully saturated rings. The molecule has 1 amide bonds. The van der Waals surface area contributed by atoms with E-state index in [4.69, 9.17) is 10.6 Å². The molecular weight excluding hydrogens is 196 g/mol. The Morgan fingerprint density at radius 2 is 2.27 bits per heavy atom. The molecule has 1 heterocycles. The largest absolute Gasteiger partial charge is 0.478 e. The van der Waals surface area contributed by atoms with Crippen molar-refractivity contribution in [3.63, 3.8) is 0 Å². The first kappa shape index (κ1) is 11.2. The van der Waals surface area contributed by atoms with E-state index < -0.39 is 6.09 Å². The molecule has 0 aliphatic heterocycles. The van der Waals surface area contributed by atoms with Gasteiger partial charge in [-0.2, -0.15) is 4.84 Å². The number of hydrogen-bond donors (Lipinski definition) is 1. The maximum Gasteiger partial charge on any atom is 0.478 e. The van der Waals surface area contributed by atoms with Crippen molar-refractivity contribution in [2.75, 3.05) is 18.8 Å². The van der Waals surface area contributed by atoms with Gasteiger partial charge in [-0.1, -0.05) is 0 Å². The molecule has 15 heavy (non-hydrogen) atoms. The Morgan fingerprint density at radius 1 is 1.60 bits per heavy atom. The van der Waals surface area contributed by atoms with Crippen molar-refractivity contribution in [1.29, 1.82) is 0 Å². The van der Waals surface area contributed by atoms with Crippen molar-refractivity contribution in [3.8, 4) is 0 Å². The molecule has 0 radical (unpaired) electrons. The summed E-state index contributed by atoms with van der Waals surface area (Å²) in [6.45, 7) is 4.99. The Balaban J connectivity index is 2.65. The molecule has 0 bridgehead atoms. The van der Waals surface area contributed by atoms with Gasteiger partial charge in [0, 0.05) is 17.8 Å². The number of carbonyl (C=O) groups excluding carboxylic acids is 1. The van der Waals surface area contributed by atoms with Crippen molar-refractivity contribution in [3.05, 3.63) is 18.6 Å². The van der Waals surface area contributed by atoms with Gasteiger partial charge in [-0.25, -0.2) is 9.78 Å². The van der Waals surface area contributed by atoms with Gasteiger partial charge in [0.15, 0.2) is 5.82 Å². The molecular formula is C9H15N4O2+. The quantitative estimate of drug-likeness (QED) is 0.705. The standard InChI is InChI=1S/C9H15N4O2/c1-3-12(4-2)9(14)15-13-6-5-11-8(10)7-13/h5-7H,3-4H2,1-2H3,(H2,10,11)/q+1. The summed E-state index contributed by atoms with van der Waals surface area (Å²) in [4.78, 5) is 21.9. The van der Waals surface area contributed by atoms with Gasteiger partial charge in [-0.15, -0.1) is 0 Å². The average Bonchev–Trinajstić information content (AvgIpc) is 2.19. The van der Waals surface area contributed by atoms with Crippen LogP contribution in [-0.2, 0) is 0 Å². The number of carbonyl (C=O) groups is 1. The maximum atomic E-state index is 11.5. The number of amides is 1. The molecule has 1 aromatic rings. The molecule has 1 rings (SSSR count). The van der Waals surface area contributed by atoms with Gasteiger partial charge >= 0.3 is 6.09 Å². The van der Waals surface area contributed by atoms with Crippen LogP contribution in [-0.4, -0.2) is 29.1 Å². The van der Waals surface area contributed by atoms with Crippen molar-refractivity contribution in [2.24, 2.45) is 0 Å². The zero-order valence-electron chi connectivity index (χ0n) is 8.88. The summed E-state index contributed by atoms with van der Waals surface area (Å²) in [6.07, 6.45) is 4.00. The van der Waals surface area contributed by atoms with Gasteiger partial charge in [-0.3, -0.25) is 0 Å². The van der Waals surface area contributed by atoms with E-state index in [2.05, 4.69) is 4.98 Å². The zero-order valence-corrected chi connectivity index (χ0v) is 8.88. The highest BCUT2D eigenvalue weighted by Gasteiger charge is 2.17. The molecule has 0 atom stereocenters. The van der Waals surface area contributed by atoms with Crippen molar-refractivity contribution < 1.29 is 14.4 Å². The summed E-state index contributed by atoms with van der Waals surface area (Å²) in [5, 5.41) is 0. The average molecular weight is 211 g/mol. The zero-order chi connectivity index (χ0) is 11.3. The highest BCUT2D eigenvalue weighted by molar-refractivity contribution is 5.66. The van der Waals surface area contributed by atoms with Gasteiger partial charge in [0.05, 0.1) is 6.20 Å². The van der Waals surface area contributed by atoms with Crippen molar-refractivity contribution in [1.82, 2.24) is 9.88 Å². The minimum atomic E-state index is -0.407. The van der Waals surface area contributed by atoms with E-state index >= 15 is 0 Å². The van der Waals surface area contributed by atoms with Gasteiger partial charge in [0.2, 0.25) is 6.20 Å². The predicted molar refractivity (Wildman–Crippen MR) is 53.7 cm³/mol. The fourth-order valence-corrected chi connectivity index (χ4v) is 1.08. The SMILES string of the molecule is CCN(CC)C(=O)O[n+]1ccnc(N)c1. The Hall–Kier alpha value is -1.85. The summed E-state index contributed by atoms with van der Waals surface area (Å²) in [7, 11) is 0. The second kappa shape index (κ2) is 5.14. The van der Waals surface area contributed by atoms with Crippen LogP contribution in [0, 0.1) is 0 Å². The van der Waals surface area contributed by atoms with Crippen molar-refractivity contribution in [2.45, 2.75) is 13.8 Å². The van der Waals surface area contributed by atoms with Crippen LogP contribution < -0.4 is 15.3 Å². The van der Waals surface area contributed by atoms with Crippen LogP contribution in [0.15, 0.2) is 18.6 Å². The van der Waals surface area contributed by atoms with Crippen LogP contribution in [0.5, 0.6) is 0 Å². The van der Waals surface area contributed by atoms with Gasteiger partial charge in [0.25, 0.3) is 6.20 Å². The highest BCUT2D eigenvalue weighted by atomic mass is 16.7. The molecule has 6 nitrogen and oxygen atoms in total. The third-order valence-electron chi connectivity index (χ3n) is 1.90. The topological polar surface area (TPSA) is 72.3 Å². The number of nitrogen functional groups attached to an aromatic ring is 1. The van der Waals surface area contributed by atoms with Gasteiger partial charge in [0.1, 0.15) is 0 Å². The Morgan fingerprint density at radius 3 is 2.80 bits per heavy atom. The first-order valence-electron chi connectivity index (χ1n) is 4.77. The third-order valence-corrected chi connectivity index (χ3v) is 1.90. The Kier molecular flexibility index (Phi) is 3.84. The summed E-state index contributed by atoms with van der Waals surface area (Å²) in [6, 6.07) is 0. The summed E-state index contributed by atoms with van der Waals surface area (Å²) < 4.78 is 1.24. The molecule has 82 valence electrons. The predicted octanol–water partition coefficient (Wildman–Crippen LogP) is -0.158. The molecule has 0 aliphatic carbocycles. The van der Waals surface area contributed by atoms with Crippen LogP contribution in [0.3, 0.4) is 0 Å². The van der Waals surface area contributed by atoms with Gasteiger partial charge in [-0.05, 0) is 13.8 Å². The molecule has 0 saturated heterocycles. The Labute approximate surface area is 88.2 Å². The summed E-state index contributed by atoms with van der Waals surface area (Å²) >= 11 is 0. The van der Waals surface area contributed by atoms with Crippen LogP contribution in [0.4, 0.5) is 10.6 Å². The fourth-order valence-electron chi connectivity index (χ4n) is 1.08. The van der Waals surface area contributed by atoms with Crippen molar-refractivity contribution >= 4 is 11.9 Å². The lowest BCUT2D eigenvalue weighted by Gasteiger charge is -2.13. The van der Waals surface area contributed by atoms with Crippen LogP contribution in [0.25, 0.3) is 0 Å². The first-order valence-corrected chi connectivity index (χ1v) is 4.77. The summed E-state index contributed by atoms with van der Waals surface area (Å²) in [5.41, 5.74) is 5.44. The molecule has 0 unspecified atom stereocenters.